The summed E-state index contributed by atoms with van der Waals surface area (Å²) in [5, 5.41) is 0. The second kappa shape index (κ2) is 5.76. The highest BCUT2D eigenvalue weighted by molar-refractivity contribution is 7.89. The first-order chi connectivity index (χ1) is 9.74. The molecule has 0 aliphatic carbocycles. The fourth-order valence-corrected chi connectivity index (χ4v) is 3.14. The van der Waals surface area contributed by atoms with Gasteiger partial charge < -0.3 is 4.90 Å². The van der Waals surface area contributed by atoms with Gasteiger partial charge in [-0.15, -0.1) is 0 Å². The fraction of sp³-hybridized carbons (Fsp3) is 0.636. The number of halogens is 3. The standard InChI is InChI=1S/C11H15F3N4O2S/c1-2-21(19,20)18-5-3-17(4-6-18)10-7-9(11(12,13)14)15-8-16-10/h7-8H,2-6H2,1H3. The summed E-state index contributed by atoms with van der Waals surface area (Å²) in [5.41, 5.74) is -1.00. The third kappa shape index (κ3) is 3.62. The predicted molar refractivity (Wildman–Crippen MR) is 70.3 cm³/mol. The van der Waals surface area contributed by atoms with Gasteiger partial charge in [0.15, 0.2) is 0 Å². The first kappa shape index (κ1) is 16.0. The van der Waals surface area contributed by atoms with E-state index in [4.69, 9.17) is 0 Å². The smallest absolute Gasteiger partial charge is 0.354 e. The molecule has 1 aromatic rings. The third-order valence-electron chi connectivity index (χ3n) is 3.26. The Hall–Kier alpha value is -1.42. The van der Waals surface area contributed by atoms with E-state index in [2.05, 4.69) is 9.97 Å². The topological polar surface area (TPSA) is 66.4 Å². The number of nitrogens with zero attached hydrogens (tertiary/aromatic N) is 4. The van der Waals surface area contributed by atoms with Crippen LogP contribution in [0.1, 0.15) is 12.6 Å². The van der Waals surface area contributed by atoms with E-state index in [-0.39, 0.29) is 24.7 Å². The maximum atomic E-state index is 12.6. The molecule has 0 aromatic carbocycles. The van der Waals surface area contributed by atoms with Crippen molar-refractivity contribution in [3.63, 3.8) is 0 Å². The van der Waals surface area contributed by atoms with E-state index in [1.807, 2.05) is 0 Å². The first-order valence-electron chi connectivity index (χ1n) is 6.36. The van der Waals surface area contributed by atoms with E-state index in [0.29, 0.717) is 13.1 Å². The SMILES string of the molecule is CCS(=O)(=O)N1CCN(c2cc(C(F)(F)F)ncn2)CC1. The lowest BCUT2D eigenvalue weighted by Crippen LogP contribution is -2.49. The third-order valence-corrected chi connectivity index (χ3v) is 5.15. The van der Waals surface area contributed by atoms with Crippen LogP contribution in [-0.4, -0.2) is 54.6 Å². The number of rotatable bonds is 3. The van der Waals surface area contributed by atoms with Crippen molar-refractivity contribution in [1.82, 2.24) is 14.3 Å². The van der Waals surface area contributed by atoms with Gasteiger partial charge in [-0.2, -0.15) is 17.5 Å². The molecule has 0 saturated carbocycles. The molecule has 0 bridgehead atoms. The Kier molecular flexibility index (Phi) is 4.38. The molecule has 0 radical (unpaired) electrons. The van der Waals surface area contributed by atoms with E-state index >= 15 is 0 Å². The van der Waals surface area contributed by atoms with Gasteiger partial charge in [-0.25, -0.2) is 18.4 Å². The van der Waals surface area contributed by atoms with E-state index < -0.39 is 21.9 Å². The summed E-state index contributed by atoms with van der Waals surface area (Å²) in [5.74, 6) is 0.171. The number of sulfonamides is 1. The van der Waals surface area contributed by atoms with Crippen molar-refractivity contribution in [2.24, 2.45) is 0 Å². The van der Waals surface area contributed by atoms with Crippen LogP contribution in [0.5, 0.6) is 0 Å². The molecule has 1 fully saturated rings. The summed E-state index contributed by atoms with van der Waals surface area (Å²) < 4.78 is 62.6. The Labute approximate surface area is 120 Å². The minimum atomic E-state index is -4.52. The number of aromatic nitrogens is 2. The molecule has 1 aromatic heterocycles. The lowest BCUT2D eigenvalue weighted by Gasteiger charge is -2.34. The van der Waals surface area contributed by atoms with Crippen molar-refractivity contribution in [3.05, 3.63) is 18.1 Å². The minimum Gasteiger partial charge on any atom is -0.354 e. The minimum absolute atomic E-state index is 0.0126. The van der Waals surface area contributed by atoms with Gasteiger partial charge in [0.2, 0.25) is 10.0 Å². The summed E-state index contributed by atoms with van der Waals surface area (Å²) >= 11 is 0. The second-order valence-corrected chi connectivity index (χ2v) is 6.80. The second-order valence-electron chi connectivity index (χ2n) is 4.55. The molecule has 0 N–H and O–H groups in total. The molecule has 0 spiro atoms. The molecule has 21 heavy (non-hydrogen) atoms. The Morgan fingerprint density at radius 2 is 1.81 bits per heavy atom. The highest BCUT2D eigenvalue weighted by Gasteiger charge is 2.34. The van der Waals surface area contributed by atoms with Crippen molar-refractivity contribution < 1.29 is 21.6 Å². The highest BCUT2D eigenvalue weighted by atomic mass is 32.2. The average Bonchev–Trinajstić information content (AvgIpc) is 2.47. The normalized spacial score (nSPS) is 18.0. The predicted octanol–water partition coefficient (Wildman–Crippen LogP) is 0.967. The molecule has 6 nitrogen and oxygen atoms in total. The van der Waals surface area contributed by atoms with Crippen LogP contribution in [0.3, 0.4) is 0 Å². The van der Waals surface area contributed by atoms with Crippen LogP contribution in [0.15, 0.2) is 12.4 Å². The molecule has 2 heterocycles. The van der Waals surface area contributed by atoms with Crippen molar-refractivity contribution >= 4 is 15.8 Å². The zero-order valence-corrected chi connectivity index (χ0v) is 12.2. The maximum absolute atomic E-state index is 12.6. The molecular weight excluding hydrogens is 309 g/mol. The van der Waals surface area contributed by atoms with Gasteiger partial charge in [0, 0.05) is 32.2 Å². The number of hydrogen-bond acceptors (Lipinski definition) is 5. The van der Waals surface area contributed by atoms with Gasteiger partial charge in [0.05, 0.1) is 5.75 Å². The van der Waals surface area contributed by atoms with Crippen LogP contribution in [-0.2, 0) is 16.2 Å². The number of hydrogen-bond donors (Lipinski definition) is 0. The average molecular weight is 324 g/mol. The molecule has 1 aliphatic rings. The maximum Gasteiger partial charge on any atom is 0.433 e. The molecular formula is C11H15F3N4O2S. The van der Waals surface area contributed by atoms with Gasteiger partial charge in [-0.1, -0.05) is 0 Å². The Morgan fingerprint density at radius 1 is 1.19 bits per heavy atom. The lowest BCUT2D eigenvalue weighted by atomic mass is 10.3. The largest absolute Gasteiger partial charge is 0.433 e. The monoisotopic (exact) mass is 324 g/mol. The number of piperazine rings is 1. The molecule has 2 rings (SSSR count). The van der Waals surface area contributed by atoms with Crippen LogP contribution in [0.25, 0.3) is 0 Å². The summed E-state index contributed by atoms with van der Waals surface area (Å²) in [6.07, 6.45) is -3.65. The van der Waals surface area contributed by atoms with E-state index in [1.165, 1.54) is 4.31 Å². The number of alkyl halides is 3. The van der Waals surface area contributed by atoms with E-state index in [0.717, 1.165) is 12.4 Å². The van der Waals surface area contributed by atoms with Crippen molar-refractivity contribution in [2.45, 2.75) is 13.1 Å². The summed E-state index contributed by atoms with van der Waals surface area (Å²) in [6, 6.07) is 0.879. The van der Waals surface area contributed by atoms with Crippen LogP contribution in [0.4, 0.5) is 19.0 Å². The van der Waals surface area contributed by atoms with Crippen LogP contribution in [0, 0.1) is 0 Å². The van der Waals surface area contributed by atoms with Crippen LogP contribution < -0.4 is 4.90 Å². The molecule has 0 amide bonds. The molecule has 10 heteroatoms. The quantitative estimate of drug-likeness (QED) is 0.829. The summed E-state index contributed by atoms with van der Waals surface area (Å²) in [4.78, 5) is 8.66. The van der Waals surface area contributed by atoms with Crippen molar-refractivity contribution in [1.29, 1.82) is 0 Å². The Balaban J connectivity index is 2.10. The molecule has 1 saturated heterocycles. The van der Waals surface area contributed by atoms with Crippen molar-refractivity contribution in [2.75, 3.05) is 36.8 Å². The van der Waals surface area contributed by atoms with Gasteiger partial charge in [-0.3, -0.25) is 0 Å². The molecule has 0 atom stereocenters. The van der Waals surface area contributed by atoms with Crippen LogP contribution >= 0.6 is 0 Å². The number of anilines is 1. The zero-order chi connectivity index (χ0) is 15.7. The lowest BCUT2D eigenvalue weighted by molar-refractivity contribution is -0.141. The molecule has 0 unspecified atom stereocenters. The Bertz CT molecular complexity index is 598. The molecule has 118 valence electrons. The molecule has 1 aliphatic heterocycles. The fourth-order valence-electron chi connectivity index (χ4n) is 2.05. The van der Waals surface area contributed by atoms with Gasteiger partial charge in [0.25, 0.3) is 0 Å². The Morgan fingerprint density at radius 3 is 2.33 bits per heavy atom. The van der Waals surface area contributed by atoms with Gasteiger partial charge in [-0.05, 0) is 6.92 Å². The summed E-state index contributed by atoms with van der Waals surface area (Å²) in [6.45, 7) is 2.63. The van der Waals surface area contributed by atoms with Crippen molar-refractivity contribution in [3.8, 4) is 0 Å². The van der Waals surface area contributed by atoms with E-state index in [1.54, 1.807) is 11.8 Å². The van der Waals surface area contributed by atoms with Gasteiger partial charge in [0.1, 0.15) is 17.8 Å². The van der Waals surface area contributed by atoms with Crippen LogP contribution in [0.2, 0.25) is 0 Å². The summed E-state index contributed by atoms with van der Waals surface area (Å²) in [7, 11) is -3.26. The zero-order valence-electron chi connectivity index (χ0n) is 11.3. The van der Waals surface area contributed by atoms with E-state index in [9.17, 15) is 21.6 Å². The highest BCUT2D eigenvalue weighted by Crippen LogP contribution is 2.29. The van der Waals surface area contributed by atoms with Gasteiger partial charge >= 0.3 is 6.18 Å². The first-order valence-corrected chi connectivity index (χ1v) is 7.97.